The molecule has 2 N–H and O–H groups in total. The van der Waals surface area contributed by atoms with Crippen molar-refractivity contribution < 1.29 is 26.3 Å². The highest BCUT2D eigenvalue weighted by molar-refractivity contribution is 7.89. The van der Waals surface area contributed by atoms with Crippen molar-refractivity contribution in [2.45, 2.75) is 11.3 Å². The Morgan fingerprint density at radius 3 is 2.38 bits per heavy atom. The average Bonchev–Trinajstić information content (AvgIpc) is 2.52. The summed E-state index contributed by atoms with van der Waals surface area (Å²) in [6.45, 7) is 0.312. The molecule has 0 atom stereocenters. The average molecular weight is 362 g/mol. The van der Waals surface area contributed by atoms with E-state index in [2.05, 4.69) is 24.7 Å². The maximum absolute atomic E-state index is 12.1. The van der Waals surface area contributed by atoms with Crippen molar-refractivity contribution >= 4 is 15.8 Å². The van der Waals surface area contributed by atoms with Crippen LogP contribution in [0.1, 0.15) is 0 Å². The number of hydrogen-bond donors (Lipinski definition) is 2. The van der Waals surface area contributed by atoms with Gasteiger partial charge in [0.1, 0.15) is 11.6 Å². The molecule has 11 heteroatoms. The van der Waals surface area contributed by atoms with Crippen LogP contribution in [0.25, 0.3) is 0 Å². The first-order chi connectivity index (χ1) is 11.3. The predicted octanol–water partition coefficient (Wildman–Crippen LogP) is 1.77. The maximum atomic E-state index is 12.1. The number of benzene rings is 1. The molecule has 0 aliphatic carbocycles. The molecule has 1 aromatic carbocycles. The molecule has 0 saturated heterocycles. The first kappa shape index (κ1) is 17.9. The van der Waals surface area contributed by atoms with Crippen LogP contribution in [0, 0.1) is 0 Å². The third-order valence-corrected chi connectivity index (χ3v) is 4.13. The fourth-order valence-electron chi connectivity index (χ4n) is 1.67. The molecule has 130 valence electrons. The lowest BCUT2D eigenvalue weighted by molar-refractivity contribution is -0.274. The molecule has 0 fully saturated rings. The number of hydrogen-bond acceptors (Lipinski definition) is 6. The van der Waals surface area contributed by atoms with Gasteiger partial charge in [-0.1, -0.05) is 0 Å². The number of nitrogens with zero attached hydrogens (tertiary/aromatic N) is 2. The summed E-state index contributed by atoms with van der Waals surface area (Å²) in [4.78, 5) is 7.62. The molecular weight excluding hydrogens is 349 g/mol. The number of halogens is 3. The lowest BCUT2D eigenvalue weighted by Gasteiger charge is -2.10. The number of anilines is 1. The Balaban J connectivity index is 1.88. The molecule has 0 saturated carbocycles. The van der Waals surface area contributed by atoms with E-state index in [1.165, 1.54) is 18.6 Å². The molecule has 2 rings (SSSR count). The summed E-state index contributed by atoms with van der Waals surface area (Å²) < 4.78 is 66.2. The molecule has 0 spiro atoms. The van der Waals surface area contributed by atoms with Crippen molar-refractivity contribution in [1.29, 1.82) is 0 Å². The highest BCUT2D eigenvalue weighted by Gasteiger charge is 2.31. The molecular formula is C13H13F3N4O3S. The third-order valence-electron chi connectivity index (χ3n) is 2.65. The van der Waals surface area contributed by atoms with Gasteiger partial charge in [0.05, 0.1) is 11.1 Å². The summed E-state index contributed by atoms with van der Waals surface area (Å²) in [6, 6.07) is 3.92. The fourth-order valence-corrected chi connectivity index (χ4v) is 2.70. The number of sulfonamides is 1. The van der Waals surface area contributed by atoms with Gasteiger partial charge in [0.15, 0.2) is 0 Å². The van der Waals surface area contributed by atoms with E-state index in [-0.39, 0.29) is 18.0 Å². The zero-order valence-corrected chi connectivity index (χ0v) is 12.9. The zero-order chi connectivity index (χ0) is 17.6. The Labute approximate surface area is 135 Å². The first-order valence-electron chi connectivity index (χ1n) is 6.62. The van der Waals surface area contributed by atoms with Crippen LogP contribution in [0.5, 0.6) is 5.75 Å². The molecule has 0 aliphatic rings. The molecule has 7 nitrogen and oxygen atoms in total. The van der Waals surface area contributed by atoms with Gasteiger partial charge < -0.3 is 10.1 Å². The van der Waals surface area contributed by atoms with E-state index in [1.54, 1.807) is 0 Å². The number of nitrogens with one attached hydrogen (secondary N) is 2. The predicted molar refractivity (Wildman–Crippen MR) is 78.8 cm³/mol. The van der Waals surface area contributed by atoms with E-state index in [0.717, 1.165) is 24.3 Å². The van der Waals surface area contributed by atoms with Gasteiger partial charge in [-0.25, -0.2) is 18.1 Å². The molecule has 2 aromatic rings. The number of ether oxygens (including phenoxy) is 1. The normalized spacial score (nSPS) is 12.0. The zero-order valence-electron chi connectivity index (χ0n) is 12.1. The van der Waals surface area contributed by atoms with Crippen LogP contribution in [-0.2, 0) is 10.0 Å². The van der Waals surface area contributed by atoms with Crippen LogP contribution in [0.15, 0.2) is 47.8 Å². The van der Waals surface area contributed by atoms with Gasteiger partial charge in [0, 0.05) is 25.5 Å². The first-order valence-corrected chi connectivity index (χ1v) is 8.10. The molecule has 0 unspecified atom stereocenters. The minimum Gasteiger partial charge on any atom is -0.406 e. The SMILES string of the molecule is O=S(=O)(NCCNc1cnccn1)c1ccc(OC(F)(F)F)cc1. The smallest absolute Gasteiger partial charge is 0.406 e. The van der Waals surface area contributed by atoms with Gasteiger partial charge in [0.25, 0.3) is 0 Å². The van der Waals surface area contributed by atoms with Crippen molar-refractivity contribution in [3.63, 3.8) is 0 Å². The Morgan fingerprint density at radius 2 is 1.79 bits per heavy atom. The summed E-state index contributed by atoms with van der Waals surface area (Å²) >= 11 is 0. The monoisotopic (exact) mass is 362 g/mol. The van der Waals surface area contributed by atoms with Gasteiger partial charge in [-0.2, -0.15) is 0 Å². The second-order valence-electron chi connectivity index (χ2n) is 4.43. The summed E-state index contributed by atoms with van der Waals surface area (Å²) in [5.74, 6) is -0.00359. The Bertz CT molecular complexity index is 752. The highest BCUT2D eigenvalue weighted by atomic mass is 32.2. The minimum atomic E-state index is -4.83. The van der Waals surface area contributed by atoms with Crippen LogP contribution in [0.3, 0.4) is 0 Å². The van der Waals surface area contributed by atoms with Crippen LogP contribution >= 0.6 is 0 Å². The van der Waals surface area contributed by atoms with Crippen molar-refractivity contribution in [2.24, 2.45) is 0 Å². The van der Waals surface area contributed by atoms with Crippen LogP contribution in [0.4, 0.5) is 19.0 Å². The van der Waals surface area contributed by atoms with Crippen molar-refractivity contribution in [1.82, 2.24) is 14.7 Å². The Morgan fingerprint density at radius 1 is 1.08 bits per heavy atom. The number of rotatable bonds is 7. The van der Waals surface area contributed by atoms with Gasteiger partial charge in [-0.05, 0) is 24.3 Å². The third kappa shape index (κ3) is 5.66. The van der Waals surface area contributed by atoms with E-state index in [9.17, 15) is 21.6 Å². The summed E-state index contributed by atoms with van der Waals surface area (Å²) in [5.41, 5.74) is 0. The summed E-state index contributed by atoms with van der Waals surface area (Å²) in [6.07, 6.45) is -0.365. The van der Waals surface area contributed by atoms with Crippen molar-refractivity contribution in [2.75, 3.05) is 18.4 Å². The highest BCUT2D eigenvalue weighted by Crippen LogP contribution is 2.23. The largest absolute Gasteiger partial charge is 0.573 e. The summed E-state index contributed by atoms with van der Waals surface area (Å²) in [7, 11) is -3.84. The van der Waals surface area contributed by atoms with Crippen LogP contribution < -0.4 is 14.8 Å². The minimum absolute atomic E-state index is 0.0553. The van der Waals surface area contributed by atoms with E-state index in [4.69, 9.17) is 0 Å². The van der Waals surface area contributed by atoms with Gasteiger partial charge in [-0.3, -0.25) is 4.98 Å². The topological polar surface area (TPSA) is 93.2 Å². The lowest BCUT2D eigenvalue weighted by Crippen LogP contribution is -2.29. The van der Waals surface area contributed by atoms with E-state index < -0.39 is 22.1 Å². The van der Waals surface area contributed by atoms with E-state index >= 15 is 0 Å². The van der Waals surface area contributed by atoms with Crippen molar-refractivity contribution in [3.05, 3.63) is 42.9 Å². The number of aromatic nitrogens is 2. The molecule has 1 aromatic heterocycles. The summed E-state index contributed by atoms with van der Waals surface area (Å²) in [5, 5.41) is 2.86. The maximum Gasteiger partial charge on any atom is 0.573 e. The second-order valence-corrected chi connectivity index (χ2v) is 6.20. The molecule has 0 amide bonds. The molecule has 24 heavy (non-hydrogen) atoms. The molecule has 1 heterocycles. The van der Waals surface area contributed by atoms with Crippen molar-refractivity contribution in [3.8, 4) is 5.75 Å². The lowest BCUT2D eigenvalue weighted by atomic mass is 10.3. The second kappa shape index (κ2) is 7.45. The molecule has 0 bridgehead atoms. The number of alkyl halides is 3. The van der Waals surface area contributed by atoms with Gasteiger partial charge >= 0.3 is 6.36 Å². The van der Waals surface area contributed by atoms with Gasteiger partial charge in [-0.15, -0.1) is 13.2 Å². The van der Waals surface area contributed by atoms with Crippen LogP contribution in [-0.4, -0.2) is 37.8 Å². The van der Waals surface area contributed by atoms with E-state index in [0.29, 0.717) is 5.82 Å². The Kier molecular flexibility index (Phi) is 5.57. The van der Waals surface area contributed by atoms with E-state index in [1.807, 2.05) is 0 Å². The quantitative estimate of drug-likeness (QED) is 0.729. The Hall–Kier alpha value is -2.40. The van der Waals surface area contributed by atoms with Crippen LogP contribution in [0.2, 0.25) is 0 Å². The van der Waals surface area contributed by atoms with Gasteiger partial charge in [0.2, 0.25) is 10.0 Å². The fraction of sp³-hybridized carbons (Fsp3) is 0.231. The molecule has 0 aliphatic heterocycles. The molecule has 0 radical (unpaired) electrons. The standard InChI is InChI=1S/C13H13F3N4O3S/c14-13(15,16)23-10-1-3-11(4-2-10)24(21,22)20-8-7-19-12-9-17-5-6-18-12/h1-6,9,20H,7-8H2,(H,18,19).